The van der Waals surface area contributed by atoms with Gasteiger partial charge in [-0.3, -0.25) is 14.4 Å². The van der Waals surface area contributed by atoms with Crippen LogP contribution in [0.4, 0.5) is 0 Å². The van der Waals surface area contributed by atoms with Gasteiger partial charge >= 0.3 is 17.9 Å². The molecule has 0 spiro atoms. The van der Waals surface area contributed by atoms with E-state index in [9.17, 15) is 14.4 Å². The van der Waals surface area contributed by atoms with Crippen LogP contribution < -0.4 is 0 Å². The van der Waals surface area contributed by atoms with E-state index in [-0.39, 0.29) is 6.10 Å². The molecule has 0 heterocycles. The Morgan fingerprint density at radius 2 is 1.67 bits per heavy atom. The predicted octanol–water partition coefficient (Wildman–Crippen LogP) is 1.53. The number of carboxylic acids is 2. The van der Waals surface area contributed by atoms with E-state index in [0.29, 0.717) is 6.42 Å². The van der Waals surface area contributed by atoms with Crippen LogP contribution in [-0.2, 0) is 19.1 Å². The second-order valence-electron chi connectivity index (χ2n) is 4.36. The Balaban J connectivity index is 4.46. The van der Waals surface area contributed by atoms with Gasteiger partial charge in [0.25, 0.3) is 0 Å². The van der Waals surface area contributed by atoms with Crippen LogP contribution in [-0.4, -0.2) is 34.2 Å². The van der Waals surface area contributed by atoms with Crippen molar-refractivity contribution in [3.8, 4) is 0 Å². The Morgan fingerprint density at radius 3 is 2.06 bits per heavy atom. The molecule has 0 aromatic heterocycles. The third kappa shape index (κ3) is 5.65. The van der Waals surface area contributed by atoms with E-state index in [0.717, 1.165) is 6.42 Å². The molecular formula is C12H20O6. The van der Waals surface area contributed by atoms with Crippen LogP contribution in [0, 0.1) is 11.8 Å². The normalized spacial score (nSPS) is 15.5. The summed E-state index contributed by atoms with van der Waals surface area (Å²) in [5.74, 6) is -5.60. The minimum Gasteiger partial charge on any atom is -0.481 e. The third-order valence-electron chi connectivity index (χ3n) is 2.72. The molecule has 0 saturated heterocycles. The van der Waals surface area contributed by atoms with Crippen molar-refractivity contribution >= 4 is 17.9 Å². The number of hydrogen-bond acceptors (Lipinski definition) is 4. The molecule has 3 atom stereocenters. The van der Waals surface area contributed by atoms with Gasteiger partial charge in [-0.2, -0.15) is 0 Å². The summed E-state index contributed by atoms with van der Waals surface area (Å²) < 4.78 is 5.01. The molecule has 0 fully saturated rings. The lowest BCUT2D eigenvalue weighted by Crippen LogP contribution is -2.31. The molecule has 6 heteroatoms. The zero-order valence-electron chi connectivity index (χ0n) is 10.9. The number of carboxylic acid groups (broad SMARTS) is 2. The van der Waals surface area contributed by atoms with Crippen molar-refractivity contribution in [1.82, 2.24) is 0 Å². The van der Waals surface area contributed by atoms with Crippen molar-refractivity contribution in [2.45, 2.75) is 46.1 Å². The molecule has 0 aliphatic heterocycles. The Kier molecular flexibility index (Phi) is 7.00. The van der Waals surface area contributed by atoms with Crippen molar-refractivity contribution in [2.24, 2.45) is 11.8 Å². The Hall–Kier alpha value is -1.59. The molecule has 3 unspecified atom stereocenters. The molecule has 0 radical (unpaired) electrons. The molecule has 0 aromatic rings. The van der Waals surface area contributed by atoms with Crippen molar-refractivity contribution in [3.63, 3.8) is 0 Å². The summed E-state index contributed by atoms with van der Waals surface area (Å²) in [4.78, 5) is 33.1. The first-order valence-electron chi connectivity index (χ1n) is 5.94. The summed E-state index contributed by atoms with van der Waals surface area (Å²) in [7, 11) is 0. The summed E-state index contributed by atoms with van der Waals surface area (Å²) in [6.07, 6.45) is 0.842. The highest BCUT2D eigenvalue weighted by Gasteiger charge is 2.32. The lowest BCUT2D eigenvalue weighted by Gasteiger charge is -2.17. The number of esters is 1. The Labute approximate surface area is 106 Å². The monoisotopic (exact) mass is 260 g/mol. The van der Waals surface area contributed by atoms with Crippen molar-refractivity contribution in [3.05, 3.63) is 0 Å². The van der Waals surface area contributed by atoms with E-state index in [2.05, 4.69) is 0 Å². The van der Waals surface area contributed by atoms with Gasteiger partial charge in [-0.05, 0) is 13.3 Å². The minimum atomic E-state index is -1.30. The van der Waals surface area contributed by atoms with E-state index < -0.39 is 36.2 Å². The van der Waals surface area contributed by atoms with Gasteiger partial charge < -0.3 is 14.9 Å². The topological polar surface area (TPSA) is 101 Å². The molecule has 0 aromatic carbocycles. The standard InChI is InChI=1S/C12H20O6/c1-4-5-7(2)18-10(13)6-9(12(16)17)8(3)11(14)15/h7-9H,4-6H2,1-3H3,(H,14,15)(H,16,17). The highest BCUT2D eigenvalue weighted by Crippen LogP contribution is 2.18. The van der Waals surface area contributed by atoms with Gasteiger partial charge in [0.15, 0.2) is 0 Å². The van der Waals surface area contributed by atoms with E-state index >= 15 is 0 Å². The largest absolute Gasteiger partial charge is 0.481 e. The zero-order chi connectivity index (χ0) is 14.3. The number of rotatable bonds is 8. The van der Waals surface area contributed by atoms with Crippen LogP contribution in [0.2, 0.25) is 0 Å². The molecule has 0 amide bonds. The fourth-order valence-corrected chi connectivity index (χ4v) is 1.57. The van der Waals surface area contributed by atoms with Crippen molar-refractivity contribution in [2.75, 3.05) is 0 Å². The van der Waals surface area contributed by atoms with Crippen LogP contribution in [0.1, 0.15) is 40.0 Å². The average molecular weight is 260 g/mol. The first-order valence-corrected chi connectivity index (χ1v) is 5.94. The highest BCUT2D eigenvalue weighted by molar-refractivity contribution is 5.84. The molecule has 18 heavy (non-hydrogen) atoms. The second kappa shape index (κ2) is 7.68. The van der Waals surface area contributed by atoms with Gasteiger partial charge in [-0.25, -0.2) is 0 Å². The molecule has 0 bridgehead atoms. The van der Waals surface area contributed by atoms with E-state index in [1.807, 2.05) is 6.92 Å². The summed E-state index contributed by atoms with van der Waals surface area (Å²) in [6.45, 7) is 4.93. The smallest absolute Gasteiger partial charge is 0.307 e. The van der Waals surface area contributed by atoms with Crippen LogP contribution in [0.15, 0.2) is 0 Å². The quantitative estimate of drug-likeness (QED) is 0.642. The molecule has 6 nitrogen and oxygen atoms in total. The fraction of sp³-hybridized carbons (Fsp3) is 0.750. The van der Waals surface area contributed by atoms with Gasteiger partial charge in [0.1, 0.15) is 0 Å². The van der Waals surface area contributed by atoms with Crippen molar-refractivity contribution < 1.29 is 29.3 Å². The lowest BCUT2D eigenvalue weighted by atomic mass is 9.91. The minimum absolute atomic E-state index is 0.280. The second-order valence-corrected chi connectivity index (χ2v) is 4.36. The highest BCUT2D eigenvalue weighted by atomic mass is 16.5. The van der Waals surface area contributed by atoms with E-state index in [1.165, 1.54) is 6.92 Å². The first-order chi connectivity index (χ1) is 8.29. The lowest BCUT2D eigenvalue weighted by molar-refractivity contribution is -0.159. The SMILES string of the molecule is CCCC(C)OC(=O)CC(C(=O)O)C(C)C(=O)O. The molecule has 0 aliphatic rings. The van der Waals surface area contributed by atoms with Crippen LogP contribution >= 0.6 is 0 Å². The maximum Gasteiger partial charge on any atom is 0.307 e. The summed E-state index contributed by atoms with van der Waals surface area (Å²) >= 11 is 0. The molecule has 0 rings (SSSR count). The summed E-state index contributed by atoms with van der Waals surface area (Å²) in [5, 5.41) is 17.7. The van der Waals surface area contributed by atoms with Crippen LogP contribution in [0.3, 0.4) is 0 Å². The first kappa shape index (κ1) is 16.4. The molecule has 2 N–H and O–H groups in total. The molecule has 104 valence electrons. The number of ether oxygens (including phenoxy) is 1. The number of carbonyl (C=O) groups is 3. The van der Waals surface area contributed by atoms with Gasteiger partial charge in [0.05, 0.1) is 24.4 Å². The molecular weight excluding hydrogens is 240 g/mol. The maximum atomic E-state index is 11.5. The molecule has 0 saturated carbocycles. The Morgan fingerprint density at radius 1 is 1.11 bits per heavy atom. The summed E-state index contributed by atoms with van der Waals surface area (Å²) in [6, 6.07) is 0. The Bertz CT molecular complexity index is 312. The fourth-order valence-electron chi connectivity index (χ4n) is 1.57. The van der Waals surface area contributed by atoms with Gasteiger partial charge in [0.2, 0.25) is 0 Å². The van der Waals surface area contributed by atoms with Crippen LogP contribution in [0.25, 0.3) is 0 Å². The van der Waals surface area contributed by atoms with Gasteiger partial charge in [0, 0.05) is 0 Å². The van der Waals surface area contributed by atoms with Crippen LogP contribution in [0.5, 0.6) is 0 Å². The number of carbonyl (C=O) groups excluding carboxylic acids is 1. The molecule has 0 aliphatic carbocycles. The number of hydrogen-bond donors (Lipinski definition) is 2. The van der Waals surface area contributed by atoms with Gasteiger partial charge in [-0.15, -0.1) is 0 Å². The average Bonchev–Trinajstić information content (AvgIpc) is 2.24. The van der Waals surface area contributed by atoms with Gasteiger partial charge in [-0.1, -0.05) is 20.3 Å². The zero-order valence-corrected chi connectivity index (χ0v) is 10.9. The van der Waals surface area contributed by atoms with E-state index in [1.54, 1.807) is 6.92 Å². The third-order valence-corrected chi connectivity index (χ3v) is 2.72. The predicted molar refractivity (Wildman–Crippen MR) is 63.0 cm³/mol. The van der Waals surface area contributed by atoms with Crippen molar-refractivity contribution in [1.29, 1.82) is 0 Å². The number of aliphatic carboxylic acids is 2. The maximum absolute atomic E-state index is 11.5. The summed E-state index contributed by atoms with van der Waals surface area (Å²) in [5.41, 5.74) is 0. The van der Waals surface area contributed by atoms with E-state index in [4.69, 9.17) is 14.9 Å².